The Bertz CT molecular complexity index is 1700. The molecule has 5 rings (SSSR count). The van der Waals surface area contributed by atoms with Gasteiger partial charge in [0.15, 0.2) is 0 Å². The van der Waals surface area contributed by atoms with Gasteiger partial charge in [0, 0.05) is 17.6 Å². The first-order chi connectivity index (χ1) is 17.7. The smallest absolute Gasteiger partial charge is 0.341 e. The molecule has 10 heteroatoms. The summed E-state index contributed by atoms with van der Waals surface area (Å²) in [6.07, 6.45) is 5.26. The average Bonchev–Trinajstić information content (AvgIpc) is 3.23. The maximum atomic E-state index is 13.6. The molecule has 0 radical (unpaired) electrons. The zero-order chi connectivity index (χ0) is 26.4. The number of nitrogens with one attached hydrogen (secondary N) is 2. The highest BCUT2D eigenvalue weighted by Gasteiger charge is 2.28. The second kappa shape index (κ2) is 9.59. The highest BCUT2D eigenvalue weighted by Crippen LogP contribution is 2.38. The summed E-state index contributed by atoms with van der Waals surface area (Å²) < 4.78 is 8.11. The van der Waals surface area contributed by atoms with E-state index in [1.165, 1.54) is 28.9 Å². The van der Waals surface area contributed by atoms with Gasteiger partial charge in [0.1, 0.15) is 21.8 Å². The summed E-state index contributed by atoms with van der Waals surface area (Å²) >= 11 is 1.38. The Hall–Kier alpha value is -3.79. The van der Waals surface area contributed by atoms with Crippen LogP contribution >= 0.6 is 11.3 Å². The van der Waals surface area contributed by atoms with Gasteiger partial charge in [-0.1, -0.05) is 19.9 Å². The fourth-order valence-corrected chi connectivity index (χ4v) is 6.23. The van der Waals surface area contributed by atoms with Gasteiger partial charge < -0.3 is 14.6 Å². The largest absolute Gasteiger partial charge is 0.465 e. The van der Waals surface area contributed by atoms with Crippen molar-refractivity contribution < 1.29 is 14.3 Å². The van der Waals surface area contributed by atoms with Crippen LogP contribution in [-0.4, -0.2) is 32.9 Å². The molecule has 37 heavy (non-hydrogen) atoms. The van der Waals surface area contributed by atoms with Crippen LogP contribution in [0.15, 0.2) is 29.2 Å². The van der Waals surface area contributed by atoms with Gasteiger partial charge >= 0.3 is 5.97 Å². The Morgan fingerprint density at radius 3 is 2.73 bits per heavy atom. The van der Waals surface area contributed by atoms with Crippen molar-refractivity contribution in [2.24, 2.45) is 5.92 Å². The molecule has 0 fully saturated rings. The van der Waals surface area contributed by atoms with Crippen molar-refractivity contribution in [2.45, 2.75) is 53.0 Å². The summed E-state index contributed by atoms with van der Waals surface area (Å²) in [6, 6.07) is 5.10. The number of esters is 1. The molecule has 4 aromatic heterocycles. The molecule has 4 aromatic rings. The molecule has 1 aliphatic carbocycles. The molecule has 2 N–H and O–H groups in total. The maximum Gasteiger partial charge on any atom is 0.341 e. The first-order valence-electron chi connectivity index (χ1n) is 12.4. The van der Waals surface area contributed by atoms with E-state index in [2.05, 4.69) is 5.32 Å². The first-order valence-corrected chi connectivity index (χ1v) is 13.2. The Balaban J connectivity index is 1.69. The molecule has 0 atom stereocenters. The lowest BCUT2D eigenvalue weighted by Crippen LogP contribution is -2.33. The normalized spacial score (nSPS) is 13.2. The van der Waals surface area contributed by atoms with Crippen LogP contribution in [0, 0.1) is 18.3 Å². The SMILES string of the molecule is COC(=O)c1c(NC(=O)c2cc3c(=O)n4cccc(C)c4nc3n(CC(C)C)c2=N)sc2c1CCCC2. The Kier molecular flexibility index (Phi) is 6.45. The van der Waals surface area contributed by atoms with Gasteiger partial charge in [0.2, 0.25) is 0 Å². The second-order valence-electron chi connectivity index (χ2n) is 9.81. The van der Waals surface area contributed by atoms with Crippen LogP contribution in [0.3, 0.4) is 0 Å². The summed E-state index contributed by atoms with van der Waals surface area (Å²) in [7, 11) is 1.33. The van der Waals surface area contributed by atoms with Crippen molar-refractivity contribution in [2.75, 3.05) is 12.4 Å². The zero-order valence-corrected chi connectivity index (χ0v) is 22.1. The molecule has 9 nitrogen and oxygen atoms in total. The third kappa shape index (κ3) is 4.25. The number of hydrogen-bond acceptors (Lipinski definition) is 7. The van der Waals surface area contributed by atoms with Gasteiger partial charge in [0.05, 0.1) is 23.6 Å². The molecular weight excluding hydrogens is 490 g/mol. The first kappa shape index (κ1) is 24.9. The summed E-state index contributed by atoms with van der Waals surface area (Å²) in [6.45, 7) is 6.29. The van der Waals surface area contributed by atoms with Gasteiger partial charge in [-0.15, -0.1) is 11.3 Å². The minimum atomic E-state index is -0.554. The van der Waals surface area contributed by atoms with E-state index in [0.717, 1.165) is 41.7 Å². The lowest BCUT2D eigenvalue weighted by Gasteiger charge is -2.16. The van der Waals surface area contributed by atoms with E-state index in [0.29, 0.717) is 28.4 Å². The van der Waals surface area contributed by atoms with E-state index < -0.39 is 11.9 Å². The van der Waals surface area contributed by atoms with Gasteiger partial charge in [-0.25, -0.2) is 9.78 Å². The average molecular weight is 520 g/mol. The molecule has 0 saturated carbocycles. The Morgan fingerprint density at radius 1 is 1.24 bits per heavy atom. The van der Waals surface area contributed by atoms with E-state index in [1.807, 2.05) is 26.8 Å². The number of anilines is 1. The number of aromatic nitrogens is 3. The number of fused-ring (bicyclic) bond motifs is 3. The predicted molar refractivity (Wildman–Crippen MR) is 143 cm³/mol. The Labute approximate surface area is 217 Å². The van der Waals surface area contributed by atoms with Gasteiger partial charge in [-0.05, 0) is 61.8 Å². The van der Waals surface area contributed by atoms with Crippen LogP contribution < -0.4 is 16.4 Å². The third-order valence-corrected chi connectivity index (χ3v) is 7.92. The minimum absolute atomic E-state index is 0.0375. The number of pyridine rings is 2. The highest BCUT2D eigenvalue weighted by molar-refractivity contribution is 7.17. The number of methoxy groups -OCH3 is 1. The third-order valence-electron chi connectivity index (χ3n) is 6.71. The lowest BCUT2D eigenvalue weighted by molar-refractivity contribution is 0.0601. The van der Waals surface area contributed by atoms with Crippen LogP contribution in [0.5, 0.6) is 0 Å². The van der Waals surface area contributed by atoms with Crippen molar-refractivity contribution in [1.29, 1.82) is 5.41 Å². The van der Waals surface area contributed by atoms with E-state index in [4.69, 9.17) is 15.1 Å². The number of amides is 1. The van der Waals surface area contributed by atoms with E-state index in [-0.39, 0.29) is 27.9 Å². The summed E-state index contributed by atoms with van der Waals surface area (Å²) in [5.41, 5.74) is 2.74. The fourth-order valence-electron chi connectivity index (χ4n) is 4.95. The quantitative estimate of drug-likeness (QED) is 0.304. The van der Waals surface area contributed by atoms with E-state index in [9.17, 15) is 14.4 Å². The molecule has 0 saturated heterocycles. The molecule has 0 spiro atoms. The summed E-state index contributed by atoms with van der Waals surface area (Å²) in [5, 5.41) is 12.5. The van der Waals surface area contributed by atoms with Gasteiger partial charge in [0.25, 0.3) is 11.5 Å². The molecule has 4 heterocycles. The molecule has 0 bridgehead atoms. The molecule has 1 amide bonds. The van der Waals surface area contributed by atoms with Crippen LogP contribution in [0.4, 0.5) is 5.00 Å². The number of hydrogen-bond donors (Lipinski definition) is 2. The predicted octanol–water partition coefficient (Wildman–Crippen LogP) is 4.07. The minimum Gasteiger partial charge on any atom is -0.465 e. The number of carbonyl (C=O) groups is 2. The second-order valence-corrected chi connectivity index (χ2v) is 10.9. The number of thiophene rings is 1. The molecule has 192 valence electrons. The van der Waals surface area contributed by atoms with Crippen LogP contribution in [0.1, 0.15) is 63.4 Å². The van der Waals surface area contributed by atoms with Crippen molar-refractivity contribution >= 4 is 44.9 Å². The van der Waals surface area contributed by atoms with Crippen molar-refractivity contribution in [1.82, 2.24) is 14.0 Å². The van der Waals surface area contributed by atoms with Crippen molar-refractivity contribution in [3.8, 4) is 0 Å². The van der Waals surface area contributed by atoms with Crippen LogP contribution in [0.2, 0.25) is 0 Å². The molecule has 0 unspecified atom stereocenters. The molecule has 1 aliphatic rings. The molecular formula is C27H29N5O4S. The van der Waals surface area contributed by atoms with E-state index in [1.54, 1.807) is 16.8 Å². The number of carbonyl (C=O) groups excluding carboxylic acids is 2. The number of ether oxygens (including phenoxy) is 1. The maximum absolute atomic E-state index is 13.6. The standard InChI is InChI=1S/C27H29N5O4S/c1-14(2)13-32-21(28)17(12-18-23(32)29-22-15(3)8-7-11-31(22)26(18)34)24(33)30-25-20(27(35)36-4)16-9-5-6-10-19(16)37-25/h7-8,11-12,14,28H,5-6,9-10,13H2,1-4H3,(H,30,33). The highest BCUT2D eigenvalue weighted by atomic mass is 32.1. The zero-order valence-electron chi connectivity index (χ0n) is 21.3. The monoisotopic (exact) mass is 519 g/mol. The van der Waals surface area contributed by atoms with Gasteiger partial charge in [-0.2, -0.15) is 0 Å². The molecule has 0 aromatic carbocycles. The molecule has 0 aliphatic heterocycles. The topological polar surface area (TPSA) is 119 Å². The number of aryl methyl sites for hydroxylation is 2. The van der Waals surface area contributed by atoms with Gasteiger partial charge in [-0.3, -0.25) is 19.4 Å². The van der Waals surface area contributed by atoms with Crippen LogP contribution in [0.25, 0.3) is 16.7 Å². The number of rotatable bonds is 5. The van der Waals surface area contributed by atoms with Crippen molar-refractivity contribution in [3.63, 3.8) is 0 Å². The summed E-state index contributed by atoms with van der Waals surface area (Å²) in [4.78, 5) is 45.6. The lowest BCUT2D eigenvalue weighted by atomic mass is 9.95. The van der Waals surface area contributed by atoms with E-state index >= 15 is 0 Å². The Morgan fingerprint density at radius 2 is 2.00 bits per heavy atom. The van der Waals surface area contributed by atoms with Crippen LogP contribution in [-0.2, 0) is 24.1 Å². The van der Waals surface area contributed by atoms with Crippen molar-refractivity contribution in [3.05, 3.63) is 67.4 Å². The number of nitrogens with zero attached hydrogens (tertiary/aromatic N) is 3. The summed E-state index contributed by atoms with van der Waals surface area (Å²) in [5.74, 6) is -0.900. The fraction of sp³-hybridized carbons (Fsp3) is 0.370.